The molecule has 0 heterocycles. The first-order chi connectivity index (χ1) is 13.8. The van der Waals surface area contributed by atoms with E-state index in [0.29, 0.717) is 0 Å². The molecule has 0 saturated heterocycles. The van der Waals surface area contributed by atoms with Crippen LogP contribution >= 0.6 is 0 Å². The fourth-order valence-corrected chi connectivity index (χ4v) is 3.92. The minimum Gasteiger partial charge on any atom is -0.543 e. The summed E-state index contributed by atoms with van der Waals surface area (Å²) in [5, 5.41) is 0.169. The molecule has 0 fully saturated rings. The maximum absolute atomic E-state index is 6.46. The Morgan fingerprint density at radius 2 is 1.34 bits per heavy atom. The van der Waals surface area contributed by atoms with Gasteiger partial charge in [0.15, 0.2) is 0 Å². The highest BCUT2D eigenvalue weighted by Gasteiger charge is 2.38. The van der Waals surface area contributed by atoms with E-state index in [0.717, 1.165) is 11.3 Å². The maximum atomic E-state index is 6.46. The van der Waals surface area contributed by atoms with E-state index in [1.807, 2.05) is 30.5 Å². The monoisotopic (exact) mass is 401 g/mol. The Morgan fingerprint density at radius 1 is 0.793 bits per heavy atom. The molecule has 0 N–H and O–H groups in total. The SMILES string of the molecule is CC(C)(C)[Si](C)(C)Oc1cccc(C=NC(c2ccccc2)c2ccccc2)c1. The zero-order chi connectivity index (χ0) is 20.9. The van der Waals surface area contributed by atoms with E-state index in [2.05, 4.69) is 94.5 Å². The molecule has 0 aliphatic heterocycles. The van der Waals surface area contributed by atoms with Gasteiger partial charge in [0.1, 0.15) is 5.75 Å². The standard InChI is InChI=1S/C26H31NOSi/c1-26(2,3)29(4,5)28-24-18-12-13-21(19-24)20-27-25(22-14-8-6-9-15-22)23-16-10-7-11-17-23/h6-20,25H,1-5H3. The Hall–Kier alpha value is -2.65. The summed E-state index contributed by atoms with van der Waals surface area (Å²) in [6.07, 6.45) is 1.96. The van der Waals surface area contributed by atoms with Crippen LogP contribution in [0.5, 0.6) is 5.75 Å². The molecule has 150 valence electrons. The lowest BCUT2D eigenvalue weighted by Crippen LogP contribution is -2.43. The van der Waals surface area contributed by atoms with Gasteiger partial charge in [-0.05, 0) is 47.0 Å². The van der Waals surface area contributed by atoms with Gasteiger partial charge in [0, 0.05) is 6.21 Å². The number of aliphatic imine (C=N–C) groups is 1. The van der Waals surface area contributed by atoms with Crippen LogP contribution in [0.1, 0.15) is 43.5 Å². The molecule has 0 radical (unpaired) electrons. The van der Waals surface area contributed by atoms with Gasteiger partial charge in [-0.15, -0.1) is 0 Å². The Labute approximate surface area is 176 Å². The van der Waals surface area contributed by atoms with Crippen molar-refractivity contribution in [1.82, 2.24) is 0 Å². The highest BCUT2D eigenvalue weighted by Crippen LogP contribution is 2.37. The normalized spacial score (nSPS) is 12.5. The molecule has 0 bridgehead atoms. The van der Waals surface area contributed by atoms with Gasteiger partial charge in [0.25, 0.3) is 0 Å². The molecular formula is C26H31NOSi. The summed E-state index contributed by atoms with van der Waals surface area (Å²) in [5.41, 5.74) is 3.42. The second-order valence-corrected chi connectivity index (χ2v) is 13.7. The maximum Gasteiger partial charge on any atom is 0.250 e. The van der Waals surface area contributed by atoms with Gasteiger partial charge in [-0.3, -0.25) is 4.99 Å². The molecule has 0 unspecified atom stereocenters. The summed E-state index contributed by atoms with van der Waals surface area (Å²) in [4.78, 5) is 4.95. The molecular weight excluding hydrogens is 370 g/mol. The number of hydrogen-bond donors (Lipinski definition) is 0. The highest BCUT2D eigenvalue weighted by atomic mass is 28.4. The molecule has 0 aliphatic carbocycles. The predicted octanol–water partition coefficient (Wildman–Crippen LogP) is 7.28. The van der Waals surface area contributed by atoms with Crippen LogP contribution < -0.4 is 4.43 Å². The fraction of sp³-hybridized carbons (Fsp3) is 0.269. The van der Waals surface area contributed by atoms with Crippen LogP contribution in [0.25, 0.3) is 0 Å². The van der Waals surface area contributed by atoms with Crippen LogP contribution in [0.2, 0.25) is 18.1 Å². The van der Waals surface area contributed by atoms with Crippen molar-refractivity contribution in [2.75, 3.05) is 0 Å². The Bertz CT molecular complexity index is 904. The molecule has 0 atom stereocenters. The van der Waals surface area contributed by atoms with Crippen molar-refractivity contribution in [1.29, 1.82) is 0 Å². The summed E-state index contributed by atoms with van der Waals surface area (Å²) in [7, 11) is -1.86. The second kappa shape index (κ2) is 8.79. The van der Waals surface area contributed by atoms with Crippen LogP contribution in [-0.2, 0) is 0 Å². The zero-order valence-corrected chi connectivity index (χ0v) is 19.1. The first-order valence-electron chi connectivity index (χ1n) is 10.2. The Morgan fingerprint density at radius 3 is 1.86 bits per heavy atom. The minimum absolute atomic E-state index is 0.0256. The van der Waals surface area contributed by atoms with E-state index in [4.69, 9.17) is 9.42 Å². The van der Waals surface area contributed by atoms with Crippen molar-refractivity contribution in [2.45, 2.75) is 44.9 Å². The molecule has 2 nitrogen and oxygen atoms in total. The molecule has 0 spiro atoms. The summed E-state index contributed by atoms with van der Waals surface area (Å²) in [6, 6.07) is 29.1. The van der Waals surface area contributed by atoms with Crippen molar-refractivity contribution in [3.05, 3.63) is 102 Å². The largest absolute Gasteiger partial charge is 0.543 e. The van der Waals surface area contributed by atoms with Crippen molar-refractivity contribution in [2.24, 2.45) is 4.99 Å². The van der Waals surface area contributed by atoms with Gasteiger partial charge in [0.05, 0.1) is 6.04 Å². The van der Waals surface area contributed by atoms with Gasteiger partial charge in [0.2, 0.25) is 8.32 Å². The van der Waals surface area contributed by atoms with E-state index in [1.54, 1.807) is 0 Å². The summed E-state index contributed by atoms with van der Waals surface area (Å²) >= 11 is 0. The summed E-state index contributed by atoms with van der Waals surface area (Å²) in [6.45, 7) is 11.3. The van der Waals surface area contributed by atoms with Gasteiger partial charge < -0.3 is 4.43 Å². The Balaban J connectivity index is 1.87. The van der Waals surface area contributed by atoms with Gasteiger partial charge >= 0.3 is 0 Å². The average Bonchev–Trinajstić information content (AvgIpc) is 2.69. The van der Waals surface area contributed by atoms with E-state index in [1.165, 1.54) is 11.1 Å². The van der Waals surface area contributed by atoms with Crippen molar-refractivity contribution in [3.8, 4) is 5.75 Å². The average molecular weight is 402 g/mol. The van der Waals surface area contributed by atoms with Crippen LogP contribution in [0.15, 0.2) is 89.9 Å². The molecule has 3 aromatic carbocycles. The number of hydrogen-bond acceptors (Lipinski definition) is 2. The fourth-order valence-electron chi connectivity index (χ4n) is 2.90. The van der Waals surface area contributed by atoms with Gasteiger partial charge in [-0.2, -0.15) is 0 Å². The lowest BCUT2D eigenvalue weighted by atomic mass is 9.99. The Kier molecular flexibility index (Phi) is 6.38. The second-order valence-electron chi connectivity index (χ2n) is 8.94. The number of benzene rings is 3. The van der Waals surface area contributed by atoms with E-state index >= 15 is 0 Å². The first kappa shape index (κ1) is 21.1. The summed E-state index contributed by atoms with van der Waals surface area (Å²) in [5.74, 6) is 0.927. The van der Waals surface area contributed by atoms with Crippen LogP contribution in [0.3, 0.4) is 0 Å². The van der Waals surface area contributed by atoms with E-state index in [-0.39, 0.29) is 11.1 Å². The molecule has 3 aromatic rings. The van der Waals surface area contributed by atoms with Gasteiger partial charge in [-0.25, -0.2) is 0 Å². The first-order valence-corrected chi connectivity index (χ1v) is 13.1. The molecule has 0 amide bonds. The van der Waals surface area contributed by atoms with Crippen molar-refractivity contribution in [3.63, 3.8) is 0 Å². The van der Waals surface area contributed by atoms with Crippen molar-refractivity contribution < 1.29 is 4.43 Å². The lowest BCUT2D eigenvalue weighted by Gasteiger charge is -2.36. The van der Waals surface area contributed by atoms with Crippen LogP contribution in [-0.4, -0.2) is 14.5 Å². The number of rotatable bonds is 6. The van der Waals surface area contributed by atoms with E-state index < -0.39 is 8.32 Å². The van der Waals surface area contributed by atoms with Gasteiger partial charge in [-0.1, -0.05) is 93.6 Å². The topological polar surface area (TPSA) is 21.6 Å². The van der Waals surface area contributed by atoms with Crippen molar-refractivity contribution >= 4 is 14.5 Å². The third-order valence-electron chi connectivity index (χ3n) is 5.64. The number of nitrogens with zero attached hydrogens (tertiary/aromatic N) is 1. The quantitative estimate of drug-likeness (QED) is 0.314. The zero-order valence-electron chi connectivity index (χ0n) is 18.1. The van der Waals surface area contributed by atoms with Crippen LogP contribution in [0, 0.1) is 0 Å². The molecule has 0 aromatic heterocycles. The molecule has 0 aliphatic rings. The summed E-state index contributed by atoms with van der Waals surface area (Å²) < 4.78 is 6.46. The smallest absolute Gasteiger partial charge is 0.250 e. The third-order valence-corrected chi connectivity index (χ3v) is 10.00. The van der Waals surface area contributed by atoms with Crippen LogP contribution in [0.4, 0.5) is 0 Å². The molecule has 3 heteroatoms. The predicted molar refractivity (Wildman–Crippen MR) is 127 cm³/mol. The molecule has 3 rings (SSSR count). The molecule has 29 heavy (non-hydrogen) atoms. The minimum atomic E-state index is -1.86. The highest BCUT2D eigenvalue weighted by molar-refractivity contribution is 6.74. The third kappa shape index (κ3) is 5.45. The molecule has 0 saturated carbocycles. The lowest BCUT2D eigenvalue weighted by molar-refractivity contribution is 0.492. The van der Waals surface area contributed by atoms with E-state index in [9.17, 15) is 0 Å².